The number of benzene rings is 1. The van der Waals surface area contributed by atoms with Crippen LogP contribution < -0.4 is 10.6 Å². The Kier molecular flexibility index (Phi) is 7.29. The molecule has 25 heavy (non-hydrogen) atoms. The summed E-state index contributed by atoms with van der Waals surface area (Å²) in [4.78, 5) is 12.4. The van der Waals surface area contributed by atoms with Gasteiger partial charge in [0.05, 0.1) is 23.1 Å². The van der Waals surface area contributed by atoms with Gasteiger partial charge in [0.15, 0.2) is 0 Å². The molecule has 2 N–H and O–H groups in total. The highest BCUT2D eigenvalue weighted by molar-refractivity contribution is 6.30. The van der Waals surface area contributed by atoms with Crippen LogP contribution in [0.5, 0.6) is 0 Å². The summed E-state index contributed by atoms with van der Waals surface area (Å²) in [6, 6.07) is 7.44. The number of hydrogen-bond donors (Lipinski definition) is 2. The largest absolute Gasteiger partial charge is 0.352 e. The van der Waals surface area contributed by atoms with Gasteiger partial charge < -0.3 is 10.6 Å². The molecule has 3 rings (SSSR count). The van der Waals surface area contributed by atoms with E-state index in [9.17, 15) is 4.79 Å². The van der Waals surface area contributed by atoms with Crippen molar-refractivity contribution in [3.63, 3.8) is 0 Å². The fourth-order valence-electron chi connectivity index (χ4n) is 3.16. The van der Waals surface area contributed by atoms with Gasteiger partial charge in [0, 0.05) is 11.6 Å². The van der Waals surface area contributed by atoms with E-state index < -0.39 is 0 Å². The Labute approximate surface area is 159 Å². The Morgan fingerprint density at radius 1 is 1.48 bits per heavy atom. The van der Waals surface area contributed by atoms with Gasteiger partial charge in [0.2, 0.25) is 0 Å². The fourth-order valence-corrected chi connectivity index (χ4v) is 3.34. The number of carbonyl (C=O) groups is 1. The molecule has 1 atom stereocenters. The Morgan fingerprint density at radius 3 is 3.04 bits per heavy atom. The van der Waals surface area contributed by atoms with E-state index in [1.807, 2.05) is 31.2 Å². The molecule has 0 spiro atoms. The van der Waals surface area contributed by atoms with Crippen molar-refractivity contribution >= 4 is 29.9 Å². The normalized spacial score (nSPS) is 17.0. The smallest absolute Gasteiger partial charge is 0.254 e. The molecule has 0 radical (unpaired) electrons. The van der Waals surface area contributed by atoms with Crippen molar-refractivity contribution in [2.24, 2.45) is 5.92 Å². The standard InChI is InChI=1S/C18H23ClN4O.ClH/c1-13-17(12-22-23(13)16-6-2-5-15(19)10-16)18(24)21-9-7-14-4-3-8-20-11-14;/h2,5-6,10,12,14,20H,3-4,7-9,11H2,1H3,(H,21,24);1H. The number of nitrogens with one attached hydrogen (secondary N) is 2. The highest BCUT2D eigenvalue weighted by atomic mass is 35.5. The Balaban J connectivity index is 0.00000225. The van der Waals surface area contributed by atoms with Gasteiger partial charge in [-0.25, -0.2) is 4.68 Å². The summed E-state index contributed by atoms with van der Waals surface area (Å²) in [5, 5.41) is 11.4. The third-order valence-electron chi connectivity index (χ3n) is 4.54. The van der Waals surface area contributed by atoms with Gasteiger partial charge in [0.1, 0.15) is 0 Å². The molecule has 0 aliphatic carbocycles. The minimum absolute atomic E-state index is 0. The van der Waals surface area contributed by atoms with Crippen molar-refractivity contribution in [3.8, 4) is 5.69 Å². The maximum Gasteiger partial charge on any atom is 0.254 e. The first-order valence-corrected chi connectivity index (χ1v) is 8.82. The minimum Gasteiger partial charge on any atom is -0.352 e. The zero-order valence-electron chi connectivity index (χ0n) is 14.3. The summed E-state index contributed by atoms with van der Waals surface area (Å²) >= 11 is 6.03. The van der Waals surface area contributed by atoms with Gasteiger partial charge >= 0.3 is 0 Å². The van der Waals surface area contributed by atoms with E-state index in [0.717, 1.165) is 30.9 Å². The maximum absolute atomic E-state index is 12.4. The van der Waals surface area contributed by atoms with Crippen LogP contribution in [-0.2, 0) is 0 Å². The highest BCUT2D eigenvalue weighted by Crippen LogP contribution is 2.18. The van der Waals surface area contributed by atoms with E-state index >= 15 is 0 Å². The lowest BCUT2D eigenvalue weighted by molar-refractivity contribution is 0.0950. The van der Waals surface area contributed by atoms with E-state index in [4.69, 9.17) is 11.6 Å². The minimum atomic E-state index is -0.0652. The number of aromatic nitrogens is 2. The second-order valence-corrected chi connectivity index (χ2v) is 6.73. The molecule has 5 nitrogen and oxygen atoms in total. The molecule has 1 saturated heterocycles. The summed E-state index contributed by atoms with van der Waals surface area (Å²) in [5.74, 6) is 0.596. The van der Waals surface area contributed by atoms with Crippen LogP contribution in [0.25, 0.3) is 5.69 Å². The van der Waals surface area contributed by atoms with E-state index in [-0.39, 0.29) is 18.3 Å². The molecule has 1 aliphatic heterocycles. The van der Waals surface area contributed by atoms with Crippen LogP contribution in [0.4, 0.5) is 0 Å². The molecular formula is C18H24Cl2N4O. The average molecular weight is 383 g/mol. The lowest BCUT2D eigenvalue weighted by Gasteiger charge is -2.22. The zero-order chi connectivity index (χ0) is 16.9. The van der Waals surface area contributed by atoms with E-state index in [1.54, 1.807) is 10.9 Å². The molecule has 1 aliphatic rings. The summed E-state index contributed by atoms with van der Waals surface area (Å²) in [5.41, 5.74) is 2.28. The Bertz CT molecular complexity index is 711. The van der Waals surface area contributed by atoms with Gasteiger partial charge in [-0.05, 0) is 63.4 Å². The molecule has 0 bridgehead atoms. The first-order valence-electron chi connectivity index (χ1n) is 8.44. The molecule has 2 aromatic rings. The highest BCUT2D eigenvalue weighted by Gasteiger charge is 2.16. The number of nitrogens with zero attached hydrogens (tertiary/aromatic N) is 2. The van der Waals surface area contributed by atoms with Crippen molar-refractivity contribution in [2.45, 2.75) is 26.2 Å². The fraction of sp³-hybridized carbons (Fsp3) is 0.444. The topological polar surface area (TPSA) is 59.0 Å². The first-order chi connectivity index (χ1) is 11.6. The van der Waals surface area contributed by atoms with E-state index in [0.29, 0.717) is 23.0 Å². The third-order valence-corrected chi connectivity index (χ3v) is 4.78. The molecule has 136 valence electrons. The van der Waals surface area contributed by atoms with Gasteiger partial charge in [-0.15, -0.1) is 12.4 Å². The summed E-state index contributed by atoms with van der Waals surface area (Å²) in [7, 11) is 0. The van der Waals surface area contributed by atoms with Crippen LogP contribution in [-0.4, -0.2) is 35.3 Å². The van der Waals surface area contributed by atoms with Crippen LogP contribution >= 0.6 is 24.0 Å². The van der Waals surface area contributed by atoms with Gasteiger partial charge in [-0.1, -0.05) is 17.7 Å². The molecule has 0 saturated carbocycles. The SMILES string of the molecule is Cc1c(C(=O)NCCC2CCCNC2)cnn1-c1cccc(Cl)c1.Cl. The lowest BCUT2D eigenvalue weighted by Crippen LogP contribution is -2.33. The van der Waals surface area contributed by atoms with Crippen molar-refractivity contribution < 1.29 is 4.79 Å². The van der Waals surface area contributed by atoms with Gasteiger partial charge in [-0.3, -0.25) is 4.79 Å². The summed E-state index contributed by atoms with van der Waals surface area (Å²) < 4.78 is 1.74. The molecule has 2 heterocycles. The lowest BCUT2D eigenvalue weighted by atomic mass is 9.96. The van der Waals surface area contributed by atoms with E-state index in [2.05, 4.69) is 15.7 Å². The number of halogens is 2. The molecular weight excluding hydrogens is 359 g/mol. The molecule has 1 fully saturated rings. The number of amides is 1. The predicted molar refractivity (Wildman–Crippen MR) is 103 cm³/mol. The first kappa shape index (κ1) is 19.8. The molecule has 1 unspecified atom stereocenters. The number of piperidine rings is 1. The van der Waals surface area contributed by atoms with Crippen LogP contribution in [0.2, 0.25) is 5.02 Å². The monoisotopic (exact) mass is 382 g/mol. The van der Waals surface area contributed by atoms with E-state index in [1.165, 1.54) is 12.8 Å². The average Bonchev–Trinajstić information content (AvgIpc) is 2.97. The molecule has 1 aromatic carbocycles. The number of rotatable bonds is 5. The third kappa shape index (κ3) is 4.97. The quantitative estimate of drug-likeness (QED) is 0.832. The second-order valence-electron chi connectivity index (χ2n) is 6.29. The van der Waals surface area contributed by atoms with Crippen LogP contribution in [0, 0.1) is 12.8 Å². The predicted octanol–water partition coefficient (Wildman–Crippen LogP) is 3.38. The number of hydrogen-bond acceptors (Lipinski definition) is 3. The summed E-state index contributed by atoms with van der Waals surface area (Å²) in [6.45, 7) is 4.77. The van der Waals surface area contributed by atoms with Gasteiger partial charge in [0.25, 0.3) is 5.91 Å². The van der Waals surface area contributed by atoms with Crippen LogP contribution in [0.1, 0.15) is 35.3 Å². The van der Waals surface area contributed by atoms with Crippen LogP contribution in [0.15, 0.2) is 30.5 Å². The van der Waals surface area contributed by atoms with Crippen molar-refractivity contribution in [3.05, 3.63) is 46.7 Å². The second kappa shape index (κ2) is 9.22. The van der Waals surface area contributed by atoms with Crippen molar-refractivity contribution in [2.75, 3.05) is 19.6 Å². The Hall–Kier alpha value is -1.56. The molecule has 1 aromatic heterocycles. The number of carbonyl (C=O) groups excluding carboxylic acids is 1. The van der Waals surface area contributed by atoms with Gasteiger partial charge in [-0.2, -0.15) is 5.10 Å². The van der Waals surface area contributed by atoms with Crippen molar-refractivity contribution in [1.82, 2.24) is 20.4 Å². The Morgan fingerprint density at radius 2 is 2.32 bits per heavy atom. The maximum atomic E-state index is 12.4. The molecule has 1 amide bonds. The zero-order valence-corrected chi connectivity index (χ0v) is 15.9. The van der Waals surface area contributed by atoms with Crippen LogP contribution in [0.3, 0.4) is 0 Å². The summed E-state index contributed by atoms with van der Waals surface area (Å²) in [6.07, 6.45) is 5.10. The van der Waals surface area contributed by atoms with Crippen molar-refractivity contribution in [1.29, 1.82) is 0 Å². The molecule has 7 heteroatoms.